The van der Waals surface area contributed by atoms with Crippen LogP contribution in [0.4, 0.5) is 5.82 Å². The van der Waals surface area contributed by atoms with Gasteiger partial charge in [-0.05, 0) is 51.0 Å². The van der Waals surface area contributed by atoms with Crippen LogP contribution in [-0.4, -0.2) is 26.1 Å². The lowest BCUT2D eigenvalue weighted by atomic mass is 10.1. The van der Waals surface area contributed by atoms with Gasteiger partial charge in [0.25, 0.3) is 0 Å². The maximum Gasteiger partial charge on any atom is 0.146 e. The van der Waals surface area contributed by atoms with Crippen LogP contribution in [0.2, 0.25) is 0 Å². The molecule has 1 aromatic carbocycles. The molecular weight excluding hydrogens is 262 g/mol. The zero-order chi connectivity index (χ0) is 15.0. The Morgan fingerprint density at radius 2 is 1.81 bits per heavy atom. The third kappa shape index (κ3) is 2.24. The van der Waals surface area contributed by atoms with Gasteiger partial charge in [0.05, 0.1) is 11.0 Å². The maximum absolute atomic E-state index is 4.50. The first-order chi connectivity index (χ1) is 10.1. The van der Waals surface area contributed by atoms with E-state index in [-0.39, 0.29) is 0 Å². The molecule has 5 heteroatoms. The van der Waals surface area contributed by atoms with E-state index in [9.17, 15) is 0 Å². The molecule has 2 heterocycles. The molecule has 0 spiro atoms. The molecule has 0 saturated carbocycles. The van der Waals surface area contributed by atoms with Gasteiger partial charge in [-0.1, -0.05) is 0 Å². The molecule has 0 amide bonds. The van der Waals surface area contributed by atoms with E-state index in [0.29, 0.717) is 0 Å². The Bertz CT molecular complexity index is 804. The molecule has 0 atom stereocenters. The van der Waals surface area contributed by atoms with Gasteiger partial charge in [0.15, 0.2) is 0 Å². The van der Waals surface area contributed by atoms with Crippen molar-refractivity contribution >= 4 is 16.9 Å². The Morgan fingerprint density at radius 1 is 1.05 bits per heavy atom. The second kappa shape index (κ2) is 5.16. The van der Waals surface area contributed by atoms with Crippen LogP contribution in [0.25, 0.3) is 16.9 Å². The van der Waals surface area contributed by atoms with Crippen molar-refractivity contribution in [2.75, 3.05) is 11.9 Å². The number of aryl methyl sites for hydroxylation is 2. The highest BCUT2D eigenvalue weighted by molar-refractivity contribution is 5.79. The van der Waals surface area contributed by atoms with E-state index in [1.165, 1.54) is 11.1 Å². The van der Waals surface area contributed by atoms with Gasteiger partial charge in [0.1, 0.15) is 24.3 Å². The number of aromatic nitrogens is 4. The van der Waals surface area contributed by atoms with Crippen molar-refractivity contribution in [2.24, 2.45) is 0 Å². The fraction of sp³-hybridized carbons (Fsp3) is 0.312. The summed E-state index contributed by atoms with van der Waals surface area (Å²) in [6, 6.07) is 4.27. The molecule has 0 bridgehead atoms. The van der Waals surface area contributed by atoms with E-state index in [1.807, 2.05) is 17.8 Å². The molecule has 0 aliphatic rings. The summed E-state index contributed by atoms with van der Waals surface area (Å²) in [6.45, 7) is 9.14. The lowest BCUT2D eigenvalue weighted by Gasteiger charge is -2.11. The number of fused-ring (bicyclic) bond motifs is 1. The minimum absolute atomic E-state index is 0.834. The van der Waals surface area contributed by atoms with Crippen LogP contribution in [0.1, 0.15) is 23.6 Å². The average molecular weight is 281 g/mol. The van der Waals surface area contributed by atoms with Crippen molar-refractivity contribution in [3.8, 4) is 5.82 Å². The molecule has 3 rings (SSSR count). The number of nitrogens with one attached hydrogen (secondary N) is 1. The van der Waals surface area contributed by atoms with Crippen LogP contribution in [0.3, 0.4) is 0 Å². The molecule has 108 valence electrons. The summed E-state index contributed by atoms with van der Waals surface area (Å²) in [5, 5.41) is 3.26. The minimum atomic E-state index is 0.834. The van der Waals surface area contributed by atoms with Gasteiger partial charge in [-0.3, -0.25) is 4.57 Å². The van der Waals surface area contributed by atoms with Gasteiger partial charge in [-0.25, -0.2) is 15.0 Å². The van der Waals surface area contributed by atoms with E-state index in [1.54, 1.807) is 6.33 Å². The van der Waals surface area contributed by atoms with Gasteiger partial charge < -0.3 is 5.32 Å². The summed E-state index contributed by atoms with van der Waals surface area (Å²) in [5.41, 5.74) is 5.59. The molecule has 0 aliphatic carbocycles. The Labute approximate surface area is 124 Å². The first-order valence-electron chi connectivity index (χ1n) is 7.12. The Hall–Kier alpha value is -2.43. The number of rotatable bonds is 3. The lowest BCUT2D eigenvalue weighted by molar-refractivity contribution is 0.966. The molecule has 1 N–H and O–H groups in total. The second-order valence-electron chi connectivity index (χ2n) is 5.24. The molecule has 0 aliphatic heterocycles. The molecule has 5 nitrogen and oxygen atoms in total. The maximum atomic E-state index is 4.50. The van der Waals surface area contributed by atoms with Crippen molar-refractivity contribution in [1.82, 2.24) is 19.5 Å². The largest absolute Gasteiger partial charge is 0.370 e. The number of hydrogen-bond donors (Lipinski definition) is 1. The van der Waals surface area contributed by atoms with Crippen molar-refractivity contribution in [2.45, 2.75) is 27.7 Å². The third-order valence-electron chi connectivity index (χ3n) is 3.79. The molecule has 0 radical (unpaired) electrons. The number of hydrogen-bond acceptors (Lipinski definition) is 4. The van der Waals surface area contributed by atoms with Gasteiger partial charge in [-0.2, -0.15) is 0 Å². The van der Waals surface area contributed by atoms with Crippen LogP contribution < -0.4 is 5.32 Å². The predicted molar refractivity (Wildman–Crippen MR) is 85.0 cm³/mol. The summed E-state index contributed by atoms with van der Waals surface area (Å²) in [7, 11) is 0. The highest BCUT2D eigenvalue weighted by atomic mass is 15.1. The van der Waals surface area contributed by atoms with Crippen molar-refractivity contribution in [1.29, 1.82) is 0 Å². The fourth-order valence-electron chi connectivity index (χ4n) is 2.46. The smallest absolute Gasteiger partial charge is 0.146 e. The molecule has 0 unspecified atom stereocenters. The SMILES string of the molecule is CCNc1ncnc(-n2cnc3cc(C)c(C)cc32)c1C. The van der Waals surface area contributed by atoms with Crippen LogP contribution in [0, 0.1) is 20.8 Å². The number of imidazole rings is 1. The van der Waals surface area contributed by atoms with E-state index in [4.69, 9.17) is 0 Å². The summed E-state index contributed by atoms with van der Waals surface area (Å²) in [6.07, 6.45) is 3.42. The zero-order valence-corrected chi connectivity index (χ0v) is 12.8. The van der Waals surface area contributed by atoms with E-state index >= 15 is 0 Å². The van der Waals surface area contributed by atoms with Gasteiger partial charge in [0.2, 0.25) is 0 Å². The van der Waals surface area contributed by atoms with Crippen molar-refractivity contribution in [3.63, 3.8) is 0 Å². The molecule has 3 aromatic rings. The molecule has 0 fully saturated rings. The minimum Gasteiger partial charge on any atom is -0.370 e. The zero-order valence-electron chi connectivity index (χ0n) is 12.8. The fourth-order valence-corrected chi connectivity index (χ4v) is 2.46. The first-order valence-corrected chi connectivity index (χ1v) is 7.12. The molecule has 2 aromatic heterocycles. The van der Waals surface area contributed by atoms with Crippen LogP contribution >= 0.6 is 0 Å². The first kappa shape index (κ1) is 13.5. The third-order valence-corrected chi connectivity index (χ3v) is 3.79. The van der Waals surface area contributed by atoms with Crippen LogP contribution in [0.5, 0.6) is 0 Å². The van der Waals surface area contributed by atoms with Gasteiger partial charge >= 0.3 is 0 Å². The summed E-state index contributed by atoms with van der Waals surface area (Å²) in [4.78, 5) is 13.2. The predicted octanol–water partition coefficient (Wildman–Crippen LogP) is 3.17. The van der Waals surface area contributed by atoms with Gasteiger partial charge in [-0.15, -0.1) is 0 Å². The van der Waals surface area contributed by atoms with E-state index in [0.717, 1.165) is 34.8 Å². The van der Waals surface area contributed by atoms with Crippen molar-refractivity contribution in [3.05, 3.63) is 41.5 Å². The number of nitrogens with zero attached hydrogens (tertiary/aromatic N) is 4. The summed E-state index contributed by atoms with van der Waals surface area (Å²) in [5.74, 6) is 1.74. The van der Waals surface area contributed by atoms with E-state index in [2.05, 4.69) is 53.2 Å². The van der Waals surface area contributed by atoms with Crippen molar-refractivity contribution < 1.29 is 0 Å². The van der Waals surface area contributed by atoms with E-state index < -0.39 is 0 Å². The Morgan fingerprint density at radius 3 is 2.57 bits per heavy atom. The normalized spacial score (nSPS) is 11.0. The average Bonchev–Trinajstić information content (AvgIpc) is 2.85. The standard InChI is InChI=1S/C16H19N5/c1-5-17-15-12(4)16(19-8-18-15)21-9-20-13-6-10(2)11(3)7-14(13)21/h6-9H,5H2,1-4H3,(H,17,18,19). The topological polar surface area (TPSA) is 55.6 Å². The second-order valence-corrected chi connectivity index (χ2v) is 5.24. The Balaban J connectivity index is 2.21. The Kier molecular flexibility index (Phi) is 3.33. The number of anilines is 1. The highest BCUT2D eigenvalue weighted by Crippen LogP contribution is 2.24. The summed E-state index contributed by atoms with van der Waals surface area (Å²) >= 11 is 0. The van der Waals surface area contributed by atoms with Gasteiger partial charge in [0, 0.05) is 12.1 Å². The molecular formula is C16H19N5. The van der Waals surface area contributed by atoms with Crippen LogP contribution in [0.15, 0.2) is 24.8 Å². The molecule has 0 saturated heterocycles. The molecule has 21 heavy (non-hydrogen) atoms. The van der Waals surface area contributed by atoms with Crippen LogP contribution in [-0.2, 0) is 0 Å². The highest BCUT2D eigenvalue weighted by Gasteiger charge is 2.12. The summed E-state index contributed by atoms with van der Waals surface area (Å²) < 4.78 is 2.03. The monoisotopic (exact) mass is 281 g/mol. The number of benzene rings is 1. The quantitative estimate of drug-likeness (QED) is 0.801. The lowest BCUT2D eigenvalue weighted by Crippen LogP contribution is -2.07.